The molecule has 0 unspecified atom stereocenters. The summed E-state index contributed by atoms with van der Waals surface area (Å²) in [6, 6.07) is 0. The van der Waals surface area contributed by atoms with Gasteiger partial charge in [0.05, 0.1) is 0 Å². The van der Waals surface area contributed by atoms with Gasteiger partial charge in [-0.3, -0.25) is 14.4 Å². The summed E-state index contributed by atoms with van der Waals surface area (Å²) in [6.45, 7) is 11.4. The van der Waals surface area contributed by atoms with Gasteiger partial charge in [0.15, 0.2) is 6.10 Å². The summed E-state index contributed by atoms with van der Waals surface area (Å²) in [5.41, 5.74) is 0. The minimum absolute atomic E-state index is 0.0635. The number of ether oxygens (including phenoxy) is 3. The second-order valence-electron chi connectivity index (χ2n) is 21.2. The molecule has 0 aromatic carbocycles. The Balaban J connectivity index is 4.18. The molecule has 0 bridgehead atoms. The van der Waals surface area contributed by atoms with E-state index < -0.39 is 6.10 Å². The van der Waals surface area contributed by atoms with E-state index in [-0.39, 0.29) is 31.1 Å². The SMILES string of the molecule is CCCCCCCCCCCCCCCCCCCC(=O)O[C@H](COC(=O)CCCCCCCCCCCCCCCCCCCCC(C)C)COC(=O)CCCCCCCCC(C)C. The molecule has 1 atom stereocenters. The van der Waals surface area contributed by atoms with Gasteiger partial charge in [-0.2, -0.15) is 0 Å². The second-order valence-corrected chi connectivity index (χ2v) is 21.2. The highest BCUT2D eigenvalue weighted by molar-refractivity contribution is 5.71. The molecule has 0 saturated carbocycles. The molecular weight excluding hydrogens is 805 g/mol. The highest BCUT2D eigenvalue weighted by atomic mass is 16.6. The smallest absolute Gasteiger partial charge is 0.306 e. The molecule has 0 aromatic heterocycles. The highest BCUT2D eigenvalue weighted by Gasteiger charge is 2.19. The van der Waals surface area contributed by atoms with Gasteiger partial charge >= 0.3 is 17.9 Å². The molecule has 0 aliphatic heterocycles. The van der Waals surface area contributed by atoms with Crippen LogP contribution in [0.15, 0.2) is 0 Å². The maximum atomic E-state index is 12.8. The van der Waals surface area contributed by atoms with Gasteiger partial charge in [0.2, 0.25) is 0 Å². The van der Waals surface area contributed by atoms with E-state index in [1.807, 2.05) is 0 Å². The summed E-state index contributed by atoms with van der Waals surface area (Å²) in [6.07, 6.45) is 55.5. The van der Waals surface area contributed by atoms with Crippen molar-refractivity contribution in [3.05, 3.63) is 0 Å². The van der Waals surface area contributed by atoms with Crippen molar-refractivity contribution in [2.45, 2.75) is 336 Å². The maximum absolute atomic E-state index is 12.8. The zero-order chi connectivity index (χ0) is 47.5. The van der Waals surface area contributed by atoms with Gasteiger partial charge in [-0.1, -0.05) is 291 Å². The van der Waals surface area contributed by atoms with Crippen LogP contribution in [0.1, 0.15) is 330 Å². The molecule has 0 aromatic rings. The summed E-state index contributed by atoms with van der Waals surface area (Å²) in [5.74, 6) is 0.778. The summed E-state index contributed by atoms with van der Waals surface area (Å²) in [5, 5.41) is 0. The fraction of sp³-hybridized carbons (Fsp3) is 0.949. The van der Waals surface area contributed by atoms with Crippen LogP contribution >= 0.6 is 0 Å². The molecule has 6 nitrogen and oxygen atoms in total. The Morgan fingerprint density at radius 1 is 0.292 bits per heavy atom. The molecule has 0 aliphatic rings. The Kier molecular flexibility index (Phi) is 50.5. The normalized spacial score (nSPS) is 12.0. The van der Waals surface area contributed by atoms with Crippen LogP contribution in [-0.4, -0.2) is 37.2 Å². The summed E-state index contributed by atoms with van der Waals surface area (Å²) in [4.78, 5) is 38.0. The number of carbonyl (C=O) groups is 3. The van der Waals surface area contributed by atoms with Crippen LogP contribution in [0.25, 0.3) is 0 Å². The van der Waals surface area contributed by atoms with Gasteiger partial charge in [0.25, 0.3) is 0 Å². The molecule has 0 radical (unpaired) electrons. The van der Waals surface area contributed by atoms with E-state index in [0.717, 1.165) is 69.6 Å². The van der Waals surface area contributed by atoms with Crippen molar-refractivity contribution >= 4 is 17.9 Å². The molecule has 0 fully saturated rings. The van der Waals surface area contributed by atoms with E-state index in [1.54, 1.807) is 0 Å². The Labute approximate surface area is 406 Å². The second kappa shape index (κ2) is 51.8. The van der Waals surface area contributed by atoms with E-state index in [9.17, 15) is 14.4 Å². The first-order chi connectivity index (χ1) is 31.7. The predicted molar refractivity (Wildman–Crippen MR) is 280 cm³/mol. The first-order valence-electron chi connectivity index (χ1n) is 29.2. The van der Waals surface area contributed by atoms with Crippen LogP contribution in [0.2, 0.25) is 0 Å². The molecule has 386 valence electrons. The first kappa shape index (κ1) is 63.4. The number of hydrogen-bond acceptors (Lipinski definition) is 6. The molecule has 65 heavy (non-hydrogen) atoms. The Bertz CT molecular complexity index is 993. The topological polar surface area (TPSA) is 78.9 Å². The number of rotatable bonds is 53. The lowest BCUT2D eigenvalue weighted by atomic mass is 10.0. The van der Waals surface area contributed by atoms with Gasteiger partial charge in [0.1, 0.15) is 13.2 Å². The lowest BCUT2D eigenvalue weighted by molar-refractivity contribution is -0.167. The Morgan fingerprint density at radius 3 is 0.754 bits per heavy atom. The summed E-state index contributed by atoms with van der Waals surface area (Å²) >= 11 is 0. The van der Waals surface area contributed by atoms with Crippen LogP contribution in [0, 0.1) is 11.8 Å². The van der Waals surface area contributed by atoms with E-state index in [2.05, 4.69) is 34.6 Å². The van der Waals surface area contributed by atoms with Crippen molar-refractivity contribution in [2.75, 3.05) is 13.2 Å². The number of hydrogen-bond donors (Lipinski definition) is 0. The van der Waals surface area contributed by atoms with Crippen molar-refractivity contribution in [2.24, 2.45) is 11.8 Å². The molecule has 0 rings (SSSR count). The number of carbonyl (C=O) groups excluding carboxylic acids is 3. The third-order valence-corrected chi connectivity index (χ3v) is 13.5. The zero-order valence-corrected chi connectivity index (χ0v) is 44.6. The Hall–Kier alpha value is -1.59. The van der Waals surface area contributed by atoms with Crippen LogP contribution in [0.3, 0.4) is 0 Å². The minimum Gasteiger partial charge on any atom is -0.462 e. The quantitative estimate of drug-likeness (QED) is 0.0344. The molecule has 0 aliphatic carbocycles. The van der Waals surface area contributed by atoms with E-state index in [4.69, 9.17) is 14.2 Å². The van der Waals surface area contributed by atoms with Gasteiger partial charge in [-0.15, -0.1) is 0 Å². The van der Waals surface area contributed by atoms with Gasteiger partial charge in [-0.05, 0) is 31.1 Å². The highest BCUT2D eigenvalue weighted by Crippen LogP contribution is 2.18. The summed E-state index contributed by atoms with van der Waals surface area (Å²) in [7, 11) is 0. The van der Waals surface area contributed by atoms with Crippen LogP contribution in [0.5, 0.6) is 0 Å². The predicted octanol–water partition coefficient (Wildman–Crippen LogP) is 19.3. The number of esters is 3. The fourth-order valence-electron chi connectivity index (χ4n) is 9.05. The van der Waals surface area contributed by atoms with Crippen molar-refractivity contribution in [3.8, 4) is 0 Å². The fourth-order valence-corrected chi connectivity index (χ4v) is 9.05. The third-order valence-electron chi connectivity index (χ3n) is 13.5. The molecule has 0 saturated heterocycles. The average molecular weight is 920 g/mol. The molecule has 0 amide bonds. The van der Waals surface area contributed by atoms with Crippen molar-refractivity contribution in [1.29, 1.82) is 0 Å². The van der Waals surface area contributed by atoms with E-state index in [0.29, 0.717) is 19.3 Å². The maximum Gasteiger partial charge on any atom is 0.306 e. The van der Waals surface area contributed by atoms with Crippen molar-refractivity contribution in [3.63, 3.8) is 0 Å². The van der Waals surface area contributed by atoms with Gasteiger partial charge in [-0.25, -0.2) is 0 Å². The largest absolute Gasteiger partial charge is 0.462 e. The van der Waals surface area contributed by atoms with Crippen molar-refractivity contribution < 1.29 is 28.6 Å². The monoisotopic (exact) mass is 919 g/mol. The standard InChI is InChI=1S/C59H114O6/c1-6-7-8-9-10-11-12-13-14-17-22-25-28-31-34-41-46-51-59(62)65-56(53-64-58(61)50-45-40-36-35-38-43-48-55(4)5)52-63-57(60)49-44-39-33-30-27-24-21-19-16-15-18-20-23-26-29-32-37-42-47-54(2)3/h54-56H,6-53H2,1-5H3/t56-/m1/s1. The van der Waals surface area contributed by atoms with E-state index >= 15 is 0 Å². The molecular formula is C59H114O6. The molecule has 0 spiro atoms. The zero-order valence-electron chi connectivity index (χ0n) is 44.6. The van der Waals surface area contributed by atoms with Crippen LogP contribution < -0.4 is 0 Å². The van der Waals surface area contributed by atoms with Crippen LogP contribution in [-0.2, 0) is 28.6 Å². The Morgan fingerprint density at radius 2 is 0.508 bits per heavy atom. The summed E-state index contributed by atoms with van der Waals surface area (Å²) < 4.78 is 16.9. The molecule has 0 heterocycles. The van der Waals surface area contributed by atoms with Crippen LogP contribution in [0.4, 0.5) is 0 Å². The lowest BCUT2D eigenvalue weighted by Gasteiger charge is -2.18. The van der Waals surface area contributed by atoms with E-state index in [1.165, 1.54) is 218 Å². The first-order valence-corrected chi connectivity index (χ1v) is 29.2. The van der Waals surface area contributed by atoms with Gasteiger partial charge in [0, 0.05) is 19.3 Å². The molecule has 6 heteroatoms. The molecule has 0 N–H and O–H groups in total. The average Bonchev–Trinajstić information content (AvgIpc) is 3.28. The minimum atomic E-state index is -0.763. The third kappa shape index (κ3) is 53.2. The number of unbranched alkanes of at least 4 members (excludes halogenated alkanes) is 38. The van der Waals surface area contributed by atoms with Gasteiger partial charge < -0.3 is 14.2 Å². The van der Waals surface area contributed by atoms with Crippen molar-refractivity contribution in [1.82, 2.24) is 0 Å². The lowest BCUT2D eigenvalue weighted by Crippen LogP contribution is -2.30.